The zero-order valence-electron chi connectivity index (χ0n) is 34.6. The van der Waals surface area contributed by atoms with E-state index in [1.54, 1.807) is 0 Å². The quantitative estimate of drug-likeness (QED) is 0.105. The average Bonchev–Trinajstić information content (AvgIpc) is 3.43. The van der Waals surface area contributed by atoms with Crippen molar-refractivity contribution in [1.29, 1.82) is 0 Å². The maximum absolute atomic E-state index is 14.6. The molecule has 0 radical (unpaired) electrons. The first kappa shape index (κ1) is 43.3. The summed E-state index contributed by atoms with van der Waals surface area (Å²) in [6.45, 7) is 15.3. The fraction of sp³-hybridized carbons (Fsp3) is 0.905. The first-order chi connectivity index (χ1) is 26.6. The van der Waals surface area contributed by atoms with Gasteiger partial charge in [-0.3, -0.25) is 9.59 Å². The van der Waals surface area contributed by atoms with Crippen molar-refractivity contribution in [1.82, 2.24) is 0 Å². The summed E-state index contributed by atoms with van der Waals surface area (Å²) < 4.78 is 36.1. The van der Waals surface area contributed by atoms with Crippen LogP contribution in [-0.2, 0) is 38.0 Å². The topological polar surface area (TPSA) is 231 Å². The molecule has 324 valence electrons. The second kappa shape index (κ2) is 15.0. The summed E-state index contributed by atoms with van der Waals surface area (Å²) in [5.41, 5.74) is -2.64. The van der Waals surface area contributed by atoms with Gasteiger partial charge in [0.15, 0.2) is 18.2 Å². The number of esters is 2. The number of carbonyl (C=O) groups excluding carboxylic acids is 2. The van der Waals surface area contributed by atoms with Gasteiger partial charge in [0.2, 0.25) is 0 Å². The fourth-order valence-electron chi connectivity index (χ4n) is 13.1. The van der Waals surface area contributed by atoms with E-state index in [0.29, 0.717) is 25.7 Å². The SMILES string of the molecule is CC(C)=CC[C@H]1OC(=O)[C@H]2[C@H]3CC[C@@H]4[C@@]5(C)CC[C@H](O[C@@H]6O[C@H](CO[C@@H]7O[C@@H](C)[C@H](O)[C@@H](O)[C@H]7O)[C@@H](O)[C@H](O)[C@H]6O)C(C)(C)[C@H]5CC[C@@]4(C)[C@]3(C)C(=O)O[C@]12CO. The summed E-state index contributed by atoms with van der Waals surface area (Å²) in [7, 11) is 0. The number of hydrogen-bond donors (Lipinski definition) is 7. The molecule has 0 aromatic heterocycles. The number of ether oxygens (including phenoxy) is 6. The Labute approximate surface area is 335 Å². The molecule has 0 aromatic rings. The number of carbonyl (C=O) groups is 2. The van der Waals surface area contributed by atoms with Crippen molar-refractivity contribution in [2.24, 2.45) is 45.3 Å². The third kappa shape index (κ3) is 6.39. The van der Waals surface area contributed by atoms with Gasteiger partial charge in [-0.25, -0.2) is 0 Å². The monoisotopic (exact) mass is 810 g/mol. The minimum Gasteiger partial charge on any atom is -0.457 e. The van der Waals surface area contributed by atoms with Crippen molar-refractivity contribution in [3.63, 3.8) is 0 Å². The molecule has 0 bridgehead atoms. The highest BCUT2D eigenvalue weighted by atomic mass is 16.7. The van der Waals surface area contributed by atoms with Gasteiger partial charge in [-0.2, -0.15) is 0 Å². The minimum atomic E-state index is -1.64. The van der Waals surface area contributed by atoms with Crippen LogP contribution in [0.4, 0.5) is 0 Å². The molecule has 57 heavy (non-hydrogen) atoms. The van der Waals surface area contributed by atoms with Gasteiger partial charge in [0.1, 0.15) is 54.7 Å². The summed E-state index contributed by atoms with van der Waals surface area (Å²) >= 11 is 0. The largest absolute Gasteiger partial charge is 0.457 e. The van der Waals surface area contributed by atoms with E-state index in [0.717, 1.165) is 24.8 Å². The molecule has 7 fully saturated rings. The van der Waals surface area contributed by atoms with Crippen LogP contribution in [0.15, 0.2) is 11.6 Å². The van der Waals surface area contributed by atoms with Crippen molar-refractivity contribution < 1.29 is 73.8 Å². The van der Waals surface area contributed by atoms with Gasteiger partial charge in [0, 0.05) is 6.42 Å². The molecular weight excluding hydrogens is 744 g/mol. The first-order valence-corrected chi connectivity index (χ1v) is 20.9. The van der Waals surface area contributed by atoms with Crippen molar-refractivity contribution in [3.05, 3.63) is 11.6 Å². The Morgan fingerprint density at radius 3 is 2.14 bits per heavy atom. The number of cyclic esters (lactones) is 1. The molecule has 15 heteroatoms. The van der Waals surface area contributed by atoms with E-state index < -0.39 is 114 Å². The van der Waals surface area contributed by atoms with Gasteiger partial charge in [0.05, 0.1) is 30.8 Å². The average molecular weight is 811 g/mol. The highest BCUT2D eigenvalue weighted by Crippen LogP contribution is 2.75. The van der Waals surface area contributed by atoms with E-state index in [-0.39, 0.29) is 35.7 Å². The van der Waals surface area contributed by atoms with Gasteiger partial charge in [-0.05, 0) is 100 Å². The van der Waals surface area contributed by atoms with Gasteiger partial charge in [0.25, 0.3) is 0 Å². The maximum Gasteiger partial charge on any atom is 0.314 e. The zero-order valence-corrected chi connectivity index (χ0v) is 34.6. The summed E-state index contributed by atoms with van der Waals surface area (Å²) in [5, 5.41) is 74.3. The Morgan fingerprint density at radius 2 is 1.47 bits per heavy atom. The fourth-order valence-corrected chi connectivity index (χ4v) is 13.1. The van der Waals surface area contributed by atoms with Crippen LogP contribution in [0, 0.1) is 45.3 Å². The second-order valence-electron chi connectivity index (χ2n) is 19.9. The van der Waals surface area contributed by atoms with E-state index in [1.807, 2.05) is 26.8 Å². The summed E-state index contributed by atoms with van der Waals surface area (Å²) in [6, 6.07) is 0. The van der Waals surface area contributed by atoms with Crippen molar-refractivity contribution >= 4 is 11.9 Å². The third-order valence-electron chi connectivity index (χ3n) is 16.6. The van der Waals surface area contributed by atoms with E-state index in [1.165, 1.54) is 6.92 Å². The van der Waals surface area contributed by atoms with Crippen LogP contribution in [-0.4, -0.2) is 140 Å². The zero-order chi connectivity index (χ0) is 41.8. The van der Waals surface area contributed by atoms with E-state index in [9.17, 15) is 45.3 Å². The van der Waals surface area contributed by atoms with Crippen LogP contribution in [0.25, 0.3) is 0 Å². The molecule has 4 heterocycles. The van der Waals surface area contributed by atoms with Gasteiger partial charge in [-0.1, -0.05) is 39.3 Å². The van der Waals surface area contributed by atoms with Crippen molar-refractivity contribution in [2.45, 2.75) is 180 Å². The van der Waals surface area contributed by atoms with Crippen molar-refractivity contribution in [3.8, 4) is 0 Å². The van der Waals surface area contributed by atoms with E-state index in [4.69, 9.17) is 28.4 Å². The van der Waals surface area contributed by atoms with Crippen LogP contribution in [0.2, 0.25) is 0 Å². The van der Waals surface area contributed by atoms with Gasteiger partial charge >= 0.3 is 11.9 Å². The molecule has 0 amide bonds. The number of aliphatic hydroxyl groups is 7. The number of fused-ring (bicyclic) bond motifs is 7. The summed E-state index contributed by atoms with van der Waals surface area (Å²) in [5.74, 6) is -1.70. The maximum atomic E-state index is 14.6. The molecule has 3 saturated carbocycles. The Hall–Kier alpha value is -1.76. The Balaban J connectivity index is 1.08. The molecule has 4 aliphatic heterocycles. The molecule has 20 atom stereocenters. The predicted octanol–water partition coefficient (Wildman–Crippen LogP) is 1.48. The highest BCUT2D eigenvalue weighted by Gasteiger charge is 2.77. The van der Waals surface area contributed by atoms with Crippen LogP contribution in [0.1, 0.15) is 100 Å². The lowest BCUT2D eigenvalue weighted by Crippen LogP contribution is -2.72. The Bertz CT molecular complexity index is 1570. The number of hydrogen-bond acceptors (Lipinski definition) is 15. The standard InChI is InChI=1S/C42H66O15/c1-19(2)9-12-26-42(18-43)27(34(50)55-26)21-10-11-24-39(6)15-14-25(38(4,5)23(39)13-16-40(24,7)41(21,8)37(51)57-42)56-36-33(49)31(47)29(45)22(54-36)17-52-35-32(48)30(46)28(44)20(3)53-35/h9,20-33,35-36,43-49H,10-18H2,1-8H3/t20-,21+,22+,23+,24+,25-,26+,27+,28-,29+,30+,31-,32+,33+,35+,36-,39-,40+,41-,42+/m0/s1. The van der Waals surface area contributed by atoms with Gasteiger partial charge in [-0.15, -0.1) is 0 Å². The molecule has 15 nitrogen and oxygen atoms in total. The first-order valence-electron chi connectivity index (χ1n) is 20.9. The normalized spacial score (nSPS) is 53.0. The molecular formula is C42H66O15. The molecule has 0 unspecified atom stereocenters. The Morgan fingerprint density at radius 1 is 0.807 bits per heavy atom. The Kier molecular flexibility index (Phi) is 11.4. The summed E-state index contributed by atoms with van der Waals surface area (Å²) in [4.78, 5) is 28.4. The highest BCUT2D eigenvalue weighted by molar-refractivity contribution is 5.86. The van der Waals surface area contributed by atoms with Crippen LogP contribution in [0.3, 0.4) is 0 Å². The van der Waals surface area contributed by atoms with Gasteiger partial charge < -0.3 is 64.2 Å². The molecule has 7 aliphatic rings. The summed E-state index contributed by atoms with van der Waals surface area (Å²) in [6.07, 6.45) is -8.62. The molecule has 3 aliphatic carbocycles. The lowest BCUT2D eigenvalue weighted by Gasteiger charge is -2.71. The van der Waals surface area contributed by atoms with Crippen LogP contribution < -0.4 is 0 Å². The van der Waals surface area contributed by atoms with E-state index >= 15 is 0 Å². The van der Waals surface area contributed by atoms with Crippen LogP contribution >= 0.6 is 0 Å². The molecule has 4 saturated heterocycles. The van der Waals surface area contributed by atoms with E-state index in [2.05, 4.69) is 27.7 Å². The lowest BCUT2D eigenvalue weighted by molar-refractivity contribution is -0.344. The molecule has 7 rings (SSSR count). The smallest absolute Gasteiger partial charge is 0.314 e. The molecule has 7 N–H and O–H groups in total. The van der Waals surface area contributed by atoms with Crippen LogP contribution in [0.5, 0.6) is 0 Å². The molecule has 0 aromatic carbocycles. The predicted molar refractivity (Wildman–Crippen MR) is 199 cm³/mol. The number of rotatable bonds is 8. The molecule has 0 spiro atoms. The second-order valence-corrected chi connectivity index (χ2v) is 19.9. The lowest BCUT2D eigenvalue weighted by atomic mass is 9.34. The minimum absolute atomic E-state index is 0.0908. The third-order valence-corrected chi connectivity index (χ3v) is 16.6. The number of aliphatic hydroxyl groups excluding tert-OH is 7. The van der Waals surface area contributed by atoms with Crippen molar-refractivity contribution in [2.75, 3.05) is 13.2 Å². The number of allylic oxidation sites excluding steroid dienone is 1.